The van der Waals surface area contributed by atoms with Gasteiger partial charge in [-0.2, -0.15) is 5.26 Å². The Balaban J connectivity index is 1.82. The molecular formula is C17H25N3. The van der Waals surface area contributed by atoms with Crippen molar-refractivity contribution in [3.8, 4) is 6.07 Å². The van der Waals surface area contributed by atoms with E-state index in [2.05, 4.69) is 54.5 Å². The van der Waals surface area contributed by atoms with E-state index in [1.807, 2.05) is 6.07 Å². The van der Waals surface area contributed by atoms with Gasteiger partial charge >= 0.3 is 0 Å². The van der Waals surface area contributed by atoms with Crippen molar-refractivity contribution in [3.05, 3.63) is 30.3 Å². The zero-order valence-electron chi connectivity index (χ0n) is 12.6. The SMILES string of the molecule is CCC(C#N)(CCCN(C)c1ccccc1)NC1CC1. The zero-order valence-corrected chi connectivity index (χ0v) is 12.6. The van der Waals surface area contributed by atoms with E-state index in [1.165, 1.54) is 18.5 Å². The first-order valence-electron chi connectivity index (χ1n) is 7.64. The lowest BCUT2D eigenvalue weighted by Crippen LogP contribution is -2.45. The molecule has 0 amide bonds. The van der Waals surface area contributed by atoms with Crippen molar-refractivity contribution in [1.82, 2.24) is 5.32 Å². The van der Waals surface area contributed by atoms with E-state index in [-0.39, 0.29) is 5.54 Å². The van der Waals surface area contributed by atoms with Crippen LogP contribution in [-0.4, -0.2) is 25.2 Å². The fourth-order valence-corrected chi connectivity index (χ4v) is 2.57. The highest BCUT2D eigenvalue weighted by Crippen LogP contribution is 2.27. The second-order valence-corrected chi connectivity index (χ2v) is 5.83. The highest BCUT2D eigenvalue weighted by Gasteiger charge is 2.34. The first-order valence-corrected chi connectivity index (χ1v) is 7.64. The van der Waals surface area contributed by atoms with Crippen LogP contribution in [0.25, 0.3) is 0 Å². The highest BCUT2D eigenvalue weighted by molar-refractivity contribution is 5.44. The van der Waals surface area contributed by atoms with Crippen molar-refractivity contribution in [3.63, 3.8) is 0 Å². The fraction of sp³-hybridized carbons (Fsp3) is 0.588. The second-order valence-electron chi connectivity index (χ2n) is 5.83. The van der Waals surface area contributed by atoms with Crippen molar-refractivity contribution in [2.45, 2.75) is 50.6 Å². The predicted molar refractivity (Wildman–Crippen MR) is 83.7 cm³/mol. The molecule has 3 heteroatoms. The summed E-state index contributed by atoms with van der Waals surface area (Å²) in [5.41, 5.74) is 0.917. The van der Waals surface area contributed by atoms with Gasteiger partial charge in [-0.25, -0.2) is 0 Å². The molecule has 1 saturated carbocycles. The zero-order chi connectivity index (χ0) is 14.4. The van der Waals surface area contributed by atoms with Crippen LogP contribution < -0.4 is 10.2 Å². The largest absolute Gasteiger partial charge is 0.375 e. The monoisotopic (exact) mass is 271 g/mol. The molecule has 108 valence electrons. The van der Waals surface area contributed by atoms with Crippen molar-refractivity contribution >= 4 is 5.69 Å². The molecule has 0 spiro atoms. The third-order valence-electron chi connectivity index (χ3n) is 4.17. The lowest BCUT2D eigenvalue weighted by molar-refractivity contribution is 0.362. The van der Waals surface area contributed by atoms with Crippen LogP contribution in [0.15, 0.2) is 30.3 Å². The van der Waals surface area contributed by atoms with Gasteiger partial charge in [-0.15, -0.1) is 0 Å². The van der Waals surface area contributed by atoms with Crippen LogP contribution in [-0.2, 0) is 0 Å². The number of benzene rings is 1. The Morgan fingerprint density at radius 3 is 2.60 bits per heavy atom. The molecule has 1 aliphatic rings. The molecule has 0 aromatic heterocycles. The van der Waals surface area contributed by atoms with E-state index in [0.29, 0.717) is 6.04 Å². The van der Waals surface area contributed by atoms with E-state index in [0.717, 1.165) is 25.8 Å². The number of nitriles is 1. The summed E-state index contributed by atoms with van der Waals surface area (Å²) in [6.07, 6.45) is 5.30. The van der Waals surface area contributed by atoms with Crippen LogP contribution in [0.4, 0.5) is 5.69 Å². The van der Waals surface area contributed by atoms with Crippen molar-refractivity contribution in [2.24, 2.45) is 0 Å². The minimum absolute atomic E-state index is 0.321. The number of nitrogens with zero attached hydrogens (tertiary/aromatic N) is 2. The van der Waals surface area contributed by atoms with Crippen molar-refractivity contribution in [2.75, 3.05) is 18.5 Å². The van der Waals surface area contributed by atoms with Crippen LogP contribution >= 0.6 is 0 Å². The summed E-state index contributed by atoms with van der Waals surface area (Å²) in [7, 11) is 2.11. The maximum Gasteiger partial charge on any atom is 0.106 e. The van der Waals surface area contributed by atoms with E-state index in [9.17, 15) is 5.26 Å². The number of hydrogen-bond donors (Lipinski definition) is 1. The van der Waals surface area contributed by atoms with E-state index >= 15 is 0 Å². The Labute approximate surface area is 122 Å². The molecule has 0 aliphatic heterocycles. The number of rotatable bonds is 8. The number of para-hydroxylation sites is 1. The summed E-state index contributed by atoms with van der Waals surface area (Å²) >= 11 is 0. The first kappa shape index (κ1) is 14.9. The molecule has 0 radical (unpaired) electrons. The predicted octanol–water partition coefficient (Wildman–Crippen LogP) is 3.33. The molecule has 1 aromatic rings. The summed E-state index contributed by atoms with van der Waals surface area (Å²) in [6, 6.07) is 13.5. The lowest BCUT2D eigenvalue weighted by atomic mass is 9.91. The van der Waals surface area contributed by atoms with E-state index in [1.54, 1.807) is 0 Å². The maximum atomic E-state index is 9.51. The van der Waals surface area contributed by atoms with Gasteiger partial charge in [-0.3, -0.25) is 5.32 Å². The van der Waals surface area contributed by atoms with Crippen LogP contribution in [0.3, 0.4) is 0 Å². The third-order valence-corrected chi connectivity index (χ3v) is 4.17. The number of nitrogens with one attached hydrogen (secondary N) is 1. The molecule has 0 bridgehead atoms. The van der Waals surface area contributed by atoms with Gasteiger partial charge in [0.25, 0.3) is 0 Å². The van der Waals surface area contributed by atoms with Crippen LogP contribution in [0.5, 0.6) is 0 Å². The molecule has 1 unspecified atom stereocenters. The molecule has 1 N–H and O–H groups in total. The molecule has 1 atom stereocenters. The lowest BCUT2D eigenvalue weighted by Gasteiger charge is -2.28. The van der Waals surface area contributed by atoms with Gasteiger partial charge in [0.1, 0.15) is 5.54 Å². The van der Waals surface area contributed by atoms with Crippen LogP contribution in [0.2, 0.25) is 0 Å². The molecule has 1 fully saturated rings. The minimum Gasteiger partial charge on any atom is -0.375 e. The third kappa shape index (κ3) is 3.98. The molecule has 20 heavy (non-hydrogen) atoms. The van der Waals surface area contributed by atoms with E-state index in [4.69, 9.17) is 0 Å². The molecular weight excluding hydrogens is 246 g/mol. The van der Waals surface area contributed by atoms with Gasteiger partial charge in [0.05, 0.1) is 6.07 Å². The normalized spacial score (nSPS) is 17.2. The fourth-order valence-electron chi connectivity index (χ4n) is 2.57. The number of hydrogen-bond acceptors (Lipinski definition) is 3. The highest BCUT2D eigenvalue weighted by atomic mass is 15.1. The topological polar surface area (TPSA) is 39.1 Å². The van der Waals surface area contributed by atoms with Gasteiger partial charge in [0.15, 0.2) is 0 Å². The molecule has 1 aromatic carbocycles. The number of anilines is 1. The van der Waals surface area contributed by atoms with Gasteiger partial charge < -0.3 is 4.90 Å². The van der Waals surface area contributed by atoms with Crippen LogP contribution in [0, 0.1) is 11.3 Å². The standard InChI is InChI=1S/C17H25N3/c1-3-17(14-18,19-15-10-11-15)12-7-13-20(2)16-8-5-4-6-9-16/h4-6,8-9,15,19H,3,7,10-13H2,1-2H3. The summed E-state index contributed by atoms with van der Waals surface area (Å²) in [4.78, 5) is 2.26. The quantitative estimate of drug-likeness (QED) is 0.788. The summed E-state index contributed by atoms with van der Waals surface area (Å²) in [5.74, 6) is 0. The molecule has 1 aliphatic carbocycles. The van der Waals surface area contributed by atoms with Crippen LogP contribution in [0.1, 0.15) is 39.0 Å². The Morgan fingerprint density at radius 2 is 2.05 bits per heavy atom. The minimum atomic E-state index is -0.321. The van der Waals surface area contributed by atoms with Crippen molar-refractivity contribution in [1.29, 1.82) is 5.26 Å². The van der Waals surface area contributed by atoms with Gasteiger partial charge in [0.2, 0.25) is 0 Å². The summed E-state index contributed by atoms with van der Waals surface area (Å²) in [6.45, 7) is 3.10. The average Bonchev–Trinajstić information content (AvgIpc) is 3.31. The Morgan fingerprint density at radius 1 is 1.35 bits per heavy atom. The molecule has 2 rings (SSSR count). The Bertz CT molecular complexity index is 447. The maximum absolute atomic E-state index is 9.51. The Hall–Kier alpha value is -1.53. The second kappa shape index (κ2) is 6.76. The van der Waals surface area contributed by atoms with Crippen molar-refractivity contribution < 1.29 is 0 Å². The van der Waals surface area contributed by atoms with Gasteiger partial charge in [0, 0.05) is 25.3 Å². The summed E-state index contributed by atoms with van der Waals surface area (Å²) in [5, 5.41) is 13.0. The van der Waals surface area contributed by atoms with E-state index < -0.39 is 0 Å². The molecule has 0 heterocycles. The molecule has 3 nitrogen and oxygen atoms in total. The Kier molecular flexibility index (Phi) is 5.03. The molecule has 0 saturated heterocycles. The average molecular weight is 271 g/mol. The van der Waals surface area contributed by atoms with Gasteiger partial charge in [-0.1, -0.05) is 25.1 Å². The summed E-state index contributed by atoms with van der Waals surface area (Å²) < 4.78 is 0. The smallest absolute Gasteiger partial charge is 0.106 e. The first-order chi connectivity index (χ1) is 9.69. The van der Waals surface area contributed by atoms with Gasteiger partial charge in [-0.05, 0) is 44.2 Å².